The summed E-state index contributed by atoms with van der Waals surface area (Å²) in [7, 11) is 1.58. The summed E-state index contributed by atoms with van der Waals surface area (Å²) in [6.45, 7) is 2.81. The van der Waals surface area contributed by atoms with Crippen LogP contribution in [0.15, 0.2) is 42.5 Å². The van der Waals surface area contributed by atoms with Crippen molar-refractivity contribution in [3.05, 3.63) is 53.6 Å². The molecule has 2 aromatic rings. The van der Waals surface area contributed by atoms with Gasteiger partial charge >= 0.3 is 6.03 Å². The Hall–Kier alpha value is -3.06. The van der Waals surface area contributed by atoms with Gasteiger partial charge in [-0.1, -0.05) is 18.2 Å². The van der Waals surface area contributed by atoms with Gasteiger partial charge in [0, 0.05) is 18.2 Å². The number of aliphatic hydroxyl groups excluding tert-OH is 1. The van der Waals surface area contributed by atoms with Crippen molar-refractivity contribution in [2.45, 2.75) is 57.4 Å². The van der Waals surface area contributed by atoms with Crippen molar-refractivity contribution in [2.75, 3.05) is 30.9 Å². The SMILES string of the molecule is COc1ccc(C)cc1NC(=O)Nc1ccc([C@H]2CC[C@H](C(=O)N3CCC[C@H]3CO)CC2)cc1. The molecule has 1 saturated carbocycles. The fourth-order valence-electron chi connectivity index (χ4n) is 5.27. The molecule has 1 atom stereocenters. The molecule has 0 radical (unpaired) electrons. The topological polar surface area (TPSA) is 90.9 Å². The van der Waals surface area contributed by atoms with Gasteiger partial charge in [0.15, 0.2) is 0 Å². The molecule has 34 heavy (non-hydrogen) atoms. The van der Waals surface area contributed by atoms with E-state index in [2.05, 4.69) is 22.8 Å². The van der Waals surface area contributed by atoms with Crippen LogP contribution in [0.4, 0.5) is 16.2 Å². The standard InChI is InChI=1S/C27H35N3O4/c1-18-5-14-25(34-2)24(16-18)29-27(33)28-22-12-10-20(11-13-22)19-6-8-21(9-7-19)26(32)30-15-3-4-23(30)17-31/h5,10-14,16,19,21,23,31H,3-4,6-9,15,17H2,1-2H3,(H2,28,29,33)/t19-,21-,23-/m0/s1. The molecule has 0 aromatic heterocycles. The average Bonchev–Trinajstić information content (AvgIpc) is 3.33. The summed E-state index contributed by atoms with van der Waals surface area (Å²) in [4.78, 5) is 27.3. The maximum absolute atomic E-state index is 12.9. The number of likely N-dealkylation sites (tertiary alicyclic amines) is 1. The van der Waals surface area contributed by atoms with E-state index >= 15 is 0 Å². The average molecular weight is 466 g/mol. The number of anilines is 2. The van der Waals surface area contributed by atoms with Gasteiger partial charge in [0.2, 0.25) is 5.91 Å². The van der Waals surface area contributed by atoms with E-state index in [-0.39, 0.29) is 30.5 Å². The van der Waals surface area contributed by atoms with E-state index in [1.807, 2.05) is 42.2 Å². The van der Waals surface area contributed by atoms with Gasteiger partial charge in [0.05, 0.1) is 25.4 Å². The summed E-state index contributed by atoms with van der Waals surface area (Å²) in [5.41, 5.74) is 3.63. The molecule has 1 aliphatic carbocycles. The second-order valence-electron chi connectivity index (χ2n) is 9.46. The molecule has 2 aliphatic rings. The lowest BCUT2D eigenvalue weighted by Crippen LogP contribution is -2.42. The van der Waals surface area contributed by atoms with Crippen LogP contribution in [0.1, 0.15) is 55.6 Å². The van der Waals surface area contributed by atoms with E-state index in [4.69, 9.17) is 4.74 Å². The number of amides is 3. The Morgan fingerprint density at radius 3 is 2.44 bits per heavy atom. The summed E-state index contributed by atoms with van der Waals surface area (Å²) >= 11 is 0. The Morgan fingerprint density at radius 2 is 1.76 bits per heavy atom. The van der Waals surface area contributed by atoms with Crippen LogP contribution < -0.4 is 15.4 Å². The number of methoxy groups -OCH3 is 1. The molecule has 0 unspecified atom stereocenters. The van der Waals surface area contributed by atoms with E-state index in [1.54, 1.807) is 7.11 Å². The number of urea groups is 1. The minimum absolute atomic E-state index is 0.00877. The lowest BCUT2D eigenvalue weighted by atomic mass is 9.78. The van der Waals surface area contributed by atoms with Gasteiger partial charge in [-0.05, 0) is 86.8 Å². The van der Waals surface area contributed by atoms with Crippen LogP contribution in [0.2, 0.25) is 0 Å². The summed E-state index contributed by atoms with van der Waals surface area (Å²) < 4.78 is 5.32. The van der Waals surface area contributed by atoms with Gasteiger partial charge in [0.25, 0.3) is 0 Å². The monoisotopic (exact) mass is 465 g/mol. The largest absolute Gasteiger partial charge is 0.495 e. The maximum atomic E-state index is 12.9. The molecule has 1 aliphatic heterocycles. The summed E-state index contributed by atoms with van der Waals surface area (Å²) in [5.74, 6) is 1.34. The molecule has 7 heteroatoms. The first-order chi connectivity index (χ1) is 16.5. The van der Waals surface area contributed by atoms with Crippen LogP contribution >= 0.6 is 0 Å². The van der Waals surface area contributed by atoms with Gasteiger partial charge in [-0.25, -0.2) is 4.79 Å². The first kappa shape index (κ1) is 24.1. The molecule has 1 heterocycles. The van der Waals surface area contributed by atoms with Gasteiger partial charge in [-0.15, -0.1) is 0 Å². The number of aliphatic hydroxyl groups is 1. The van der Waals surface area contributed by atoms with Crippen LogP contribution in [0.3, 0.4) is 0 Å². The first-order valence-corrected chi connectivity index (χ1v) is 12.2. The van der Waals surface area contributed by atoms with Crippen LogP contribution in [0.5, 0.6) is 5.75 Å². The van der Waals surface area contributed by atoms with E-state index in [9.17, 15) is 14.7 Å². The highest BCUT2D eigenvalue weighted by Gasteiger charge is 2.35. The van der Waals surface area contributed by atoms with Gasteiger partial charge in [-0.3, -0.25) is 4.79 Å². The highest BCUT2D eigenvalue weighted by molar-refractivity contribution is 6.00. The molecule has 182 valence electrons. The van der Waals surface area contributed by atoms with E-state index < -0.39 is 0 Å². The van der Waals surface area contributed by atoms with Crippen molar-refractivity contribution in [3.63, 3.8) is 0 Å². The van der Waals surface area contributed by atoms with Gasteiger partial charge in [0.1, 0.15) is 5.75 Å². The number of hydrogen-bond donors (Lipinski definition) is 3. The summed E-state index contributed by atoms with van der Waals surface area (Å²) in [6, 6.07) is 13.3. The molecule has 0 bridgehead atoms. The fourth-order valence-corrected chi connectivity index (χ4v) is 5.27. The van der Waals surface area contributed by atoms with Gasteiger partial charge in [-0.2, -0.15) is 0 Å². The van der Waals surface area contributed by atoms with Crippen LogP contribution in [0, 0.1) is 12.8 Å². The molecule has 1 saturated heterocycles. The molecular formula is C27H35N3O4. The van der Waals surface area contributed by atoms with Crippen LogP contribution in [-0.4, -0.2) is 48.2 Å². The minimum Gasteiger partial charge on any atom is -0.495 e. The molecule has 0 spiro atoms. The Morgan fingerprint density at radius 1 is 1.03 bits per heavy atom. The van der Waals surface area contributed by atoms with E-state index in [0.29, 0.717) is 17.4 Å². The number of nitrogens with one attached hydrogen (secondary N) is 2. The second-order valence-corrected chi connectivity index (χ2v) is 9.46. The Labute approximate surface area is 201 Å². The lowest BCUT2D eigenvalue weighted by molar-refractivity contribution is -0.138. The predicted octanol–water partition coefficient (Wildman–Crippen LogP) is 4.90. The number of benzene rings is 2. The minimum atomic E-state index is -0.321. The Kier molecular flexibility index (Phi) is 7.73. The van der Waals surface area contributed by atoms with E-state index in [0.717, 1.165) is 56.3 Å². The quantitative estimate of drug-likeness (QED) is 0.566. The third-order valence-corrected chi connectivity index (χ3v) is 7.19. The van der Waals surface area contributed by atoms with Crippen molar-refractivity contribution in [3.8, 4) is 5.75 Å². The van der Waals surface area contributed by atoms with Crippen molar-refractivity contribution in [1.82, 2.24) is 4.90 Å². The molecule has 2 fully saturated rings. The highest BCUT2D eigenvalue weighted by Crippen LogP contribution is 2.37. The Bertz CT molecular complexity index is 999. The van der Waals surface area contributed by atoms with Crippen LogP contribution in [0.25, 0.3) is 0 Å². The number of hydrogen-bond acceptors (Lipinski definition) is 4. The fraction of sp³-hybridized carbons (Fsp3) is 0.481. The summed E-state index contributed by atoms with van der Waals surface area (Å²) in [5, 5.41) is 15.3. The molecule has 3 amide bonds. The number of carbonyl (C=O) groups is 2. The van der Waals surface area contributed by atoms with Gasteiger partial charge < -0.3 is 25.4 Å². The lowest BCUT2D eigenvalue weighted by Gasteiger charge is -2.32. The number of carbonyl (C=O) groups excluding carboxylic acids is 2. The molecule has 7 nitrogen and oxygen atoms in total. The normalized spacial score (nSPS) is 22.3. The Balaban J connectivity index is 1.29. The zero-order chi connectivity index (χ0) is 24.1. The predicted molar refractivity (Wildman–Crippen MR) is 133 cm³/mol. The third kappa shape index (κ3) is 5.53. The number of aryl methyl sites for hydroxylation is 1. The first-order valence-electron chi connectivity index (χ1n) is 12.2. The molecule has 4 rings (SSSR count). The van der Waals surface area contributed by atoms with Crippen molar-refractivity contribution >= 4 is 23.3 Å². The maximum Gasteiger partial charge on any atom is 0.323 e. The molecular weight excluding hydrogens is 430 g/mol. The third-order valence-electron chi connectivity index (χ3n) is 7.19. The zero-order valence-electron chi connectivity index (χ0n) is 20.0. The van der Waals surface area contributed by atoms with Crippen molar-refractivity contribution < 1.29 is 19.4 Å². The zero-order valence-corrected chi connectivity index (χ0v) is 20.0. The van der Waals surface area contributed by atoms with Crippen LogP contribution in [-0.2, 0) is 4.79 Å². The van der Waals surface area contributed by atoms with Crippen molar-refractivity contribution in [2.24, 2.45) is 5.92 Å². The van der Waals surface area contributed by atoms with E-state index in [1.165, 1.54) is 5.56 Å². The highest BCUT2D eigenvalue weighted by atomic mass is 16.5. The number of nitrogens with zero attached hydrogens (tertiary/aromatic N) is 1. The number of ether oxygens (including phenoxy) is 1. The number of rotatable bonds is 6. The molecule has 2 aromatic carbocycles. The van der Waals surface area contributed by atoms with Crippen molar-refractivity contribution in [1.29, 1.82) is 0 Å². The summed E-state index contributed by atoms with van der Waals surface area (Å²) in [6.07, 6.45) is 5.64. The second kappa shape index (κ2) is 10.9. The molecule has 3 N–H and O–H groups in total. The smallest absolute Gasteiger partial charge is 0.323 e.